The Morgan fingerprint density at radius 1 is 1.26 bits per heavy atom. The maximum atomic E-state index is 15.3. The van der Waals surface area contributed by atoms with Crippen LogP contribution in [0.15, 0.2) is 23.4 Å². The summed E-state index contributed by atoms with van der Waals surface area (Å²) < 4.78 is 91.1. The molecule has 0 radical (unpaired) electrons. The molecule has 1 amide bonds. The molecule has 1 aromatic rings. The normalized spacial score (nSPS) is 25.8. The van der Waals surface area contributed by atoms with E-state index < -0.39 is 56.9 Å². The van der Waals surface area contributed by atoms with E-state index in [-0.39, 0.29) is 26.1 Å². The number of carbonyl (C=O) groups excluding carboxylic acids is 1. The van der Waals surface area contributed by atoms with E-state index in [4.69, 9.17) is 9.47 Å². The van der Waals surface area contributed by atoms with E-state index in [0.29, 0.717) is 12.3 Å². The molecule has 174 valence electrons. The van der Waals surface area contributed by atoms with Crippen LogP contribution in [0.2, 0.25) is 0 Å². The van der Waals surface area contributed by atoms with Crippen LogP contribution in [0.1, 0.15) is 32.8 Å². The number of likely N-dealkylation sites (tertiary alicyclic amines) is 1. The van der Waals surface area contributed by atoms with Gasteiger partial charge in [-0.15, -0.1) is 0 Å². The number of piperidine rings is 1. The molecule has 8 nitrogen and oxygen atoms in total. The number of pyridine rings is 1. The van der Waals surface area contributed by atoms with Gasteiger partial charge in [0.25, 0.3) is 10.0 Å². The Morgan fingerprint density at radius 2 is 1.94 bits per heavy atom. The summed E-state index contributed by atoms with van der Waals surface area (Å²) in [4.78, 5) is 16.8. The molecule has 1 aromatic heterocycles. The molecule has 31 heavy (non-hydrogen) atoms. The zero-order chi connectivity index (χ0) is 23.2. The fraction of sp³-hybridized carbons (Fsp3) is 0.667. The Morgan fingerprint density at radius 3 is 2.45 bits per heavy atom. The third kappa shape index (κ3) is 4.62. The summed E-state index contributed by atoms with van der Waals surface area (Å²) in [6.45, 7) is 4.20. The zero-order valence-corrected chi connectivity index (χ0v) is 18.0. The molecule has 2 aliphatic heterocycles. The fourth-order valence-electron chi connectivity index (χ4n) is 3.52. The summed E-state index contributed by atoms with van der Waals surface area (Å²) in [5.74, 6) is 0. The summed E-state index contributed by atoms with van der Waals surface area (Å²) in [5, 5.41) is -0.646. The van der Waals surface area contributed by atoms with Gasteiger partial charge in [0.2, 0.25) is 0 Å². The largest absolute Gasteiger partial charge is 0.444 e. The van der Waals surface area contributed by atoms with Gasteiger partial charge in [0, 0.05) is 25.7 Å². The van der Waals surface area contributed by atoms with E-state index in [1.54, 1.807) is 20.8 Å². The van der Waals surface area contributed by atoms with Crippen LogP contribution in [-0.2, 0) is 25.7 Å². The summed E-state index contributed by atoms with van der Waals surface area (Å²) in [6, 6.07) is 1.33. The zero-order valence-electron chi connectivity index (χ0n) is 17.1. The number of sulfonamides is 1. The van der Waals surface area contributed by atoms with Crippen LogP contribution < -0.4 is 0 Å². The van der Waals surface area contributed by atoms with Crippen LogP contribution in [-0.4, -0.2) is 72.4 Å². The average Bonchev–Trinajstić information content (AvgIpc) is 3.07. The molecule has 0 aliphatic carbocycles. The standard InChI is InChI=1S/C18H23F4N3O5S/c1-16(2,3)30-15(26)24-7-6-17(13(19)11-24)25(8-9-29-17)31(27,28)14-5-4-12(10-23-14)18(20,21)22/h4-5,10,13H,6-9,11H2,1-3H3. The second-order valence-electron chi connectivity index (χ2n) is 8.30. The van der Waals surface area contributed by atoms with Crippen molar-refractivity contribution >= 4 is 16.1 Å². The maximum absolute atomic E-state index is 15.3. The van der Waals surface area contributed by atoms with Gasteiger partial charge in [0.05, 0.1) is 18.7 Å². The molecular formula is C18H23F4N3O5S. The van der Waals surface area contributed by atoms with Gasteiger partial charge >= 0.3 is 12.3 Å². The van der Waals surface area contributed by atoms with Gasteiger partial charge < -0.3 is 14.4 Å². The van der Waals surface area contributed by atoms with Crippen LogP contribution in [0.5, 0.6) is 0 Å². The molecule has 3 rings (SSSR count). The van der Waals surface area contributed by atoms with E-state index in [2.05, 4.69) is 4.98 Å². The number of carbonyl (C=O) groups is 1. The summed E-state index contributed by atoms with van der Waals surface area (Å²) >= 11 is 0. The molecular weight excluding hydrogens is 446 g/mol. The Balaban J connectivity index is 1.82. The monoisotopic (exact) mass is 469 g/mol. The number of ether oxygens (including phenoxy) is 2. The van der Waals surface area contributed by atoms with Crippen molar-refractivity contribution in [2.75, 3.05) is 26.2 Å². The Labute approximate surface area is 177 Å². The fourth-order valence-corrected chi connectivity index (χ4v) is 5.15. The topological polar surface area (TPSA) is 89.0 Å². The molecule has 0 N–H and O–H groups in total. The first-order chi connectivity index (χ1) is 14.2. The highest BCUT2D eigenvalue weighted by Gasteiger charge is 2.57. The van der Waals surface area contributed by atoms with Gasteiger partial charge in [-0.05, 0) is 32.9 Å². The van der Waals surface area contributed by atoms with Crippen molar-refractivity contribution in [2.24, 2.45) is 0 Å². The highest BCUT2D eigenvalue weighted by Crippen LogP contribution is 2.40. The van der Waals surface area contributed by atoms with E-state index in [9.17, 15) is 26.4 Å². The number of hydrogen-bond acceptors (Lipinski definition) is 6. The lowest BCUT2D eigenvalue weighted by Crippen LogP contribution is -2.63. The van der Waals surface area contributed by atoms with Crippen molar-refractivity contribution in [3.63, 3.8) is 0 Å². The SMILES string of the molecule is CC(C)(C)OC(=O)N1CCC2(OCCN2S(=O)(=O)c2ccc(C(F)(F)F)cn2)C(F)C1. The second kappa shape index (κ2) is 7.85. The van der Waals surface area contributed by atoms with E-state index in [1.807, 2.05) is 0 Å². The number of alkyl halides is 4. The number of amides is 1. The lowest BCUT2D eigenvalue weighted by molar-refractivity contribution is -0.140. The summed E-state index contributed by atoms with van der Waals surface area (Å²) in [6.07, 6.45) is -7.07. The molecule has 3 heterocycles. The molecule has 2 unspecified atom stereocenters. The van der Waals surface area contributed by atoms with E-state index in [0.717, 1.165) is 15.3 Å². The molecule has 0 aromatic carbocycles. The minimum absolute atomic E-state index is 0.0260. The van der Waals surface area contributed by atoms with Crippen molar-refractivity contribution in [1.82, 2.24) is 14.2 Å². The van der Waals surface area contributed by atoms with Crippen molar-refractivity contribution in [2.45, 2.75) is 55.9 Å². The van der Waals surface area contributed by atoms with Gasteiger partial charge in [-0.1, -0.05) is 0 Å². The number of nitrogens with zero attached hydrogens (tertiary/aromatic N) is 3. The van der Waals surface area contributed by atoms with E-state index >= 15 is 4.39 Å². The number of rotatable bonds is 2. The highest BCUT2D eigenvalue weighted by atomic mass is 32.2. The maximum Gasteiger partial charge on any atom is 0.417 e. The van der Waals surface area contributed by atoms with Gasteiger partial charge in [0.15, 0.2) is 16.9 Å². The number of halogens is 4. The van der Waals surface area contributed by atoms with Crippen LogP contribution in [0.4, 0.5) is 22.4 Å². The van der Waals surface area contributed by atoms with Crippen molar-refractivity contribution in [3.05, 3.63) is 23.9 Å². The second-order valence-corrected chi connectivity index (χ2v) is 10.1. The third-order valence-corrected chi connectivity index (χ3v) is 6.79. The molecule has 2 saturated heterocycles. The van der Waals surface area contributed by atoms with Crippen LogP contribution in [0.3, 0.4) is 0 Å². The van der Waals surface area contributed by atoms with Crippen molar-refractivity contribution in [3.8, 4) is 0 Å². The summed E-state index contributed by atoms with van der Waals surface area (Å²) in [7, 11) is -4.45. The van der Waals surface area contributed by atoms with Crippen LogP contribution in [0, 0.1) is 0 Å². The van der Waals surface area contributed by atoms with Gasteiger partial charge in [-0.2, -0.15) is 17.5 Å². The smallest absolute Gasteiger partial charge is 0.417 e. The first-order valence-corrected chi connectivity index (χ1v) is 10.9. The quantitative estimate of drug-likeness (QED) is 0.619. The minimum atomic E-state index is -4.67. The van der Waals surface area contributed by atoms with Gasteiger partial charge in [0.1, 0.15) is 5.60 Å². The average molecular weight is 469 g/mol. The number of hydrogen-bond donors (Lipinski definition) is 0. The molecule has 13 heteroatoms. The van der Waals surface area contributed by atoms with Crippen LogP contribution >= 0.6 is 0 Å². The number of aromatic nitrogens is 1. The lowest BCUT2D eigenvalue weighted by atomic mass is 9.99. The molecule has 2 atom stereocenters. The van der Waals surface area contributed by atoms with E-state index in [1.165, 1.54) is 0 Å². The Hall–Kier alpha value is -1.99. The predicted molar refractivity (Wildman–Crippen MR) is 99.1 cm³/mol. The molecule has 1 spiro atoms. The predicted octanol–water partition coefficient (Wildman–Crippen LogP) is 2.80. The highest BCUT2D eigenvalue weighted by molar-refractivity contribution is 7.89. The third-order valence-electron chi connectivity index (χ3n) is 4.95. The van der Waals surface area contributed by atoms with Crippen molar-refractivity contribution < 1.29 is 40.2 Å². The molecule has 2 aliphatic rings. The lowest BCUT2D eigenvalue weighted by Gasteiger charge is -2.44. The molecule has 0 saturated carbocycles. The van der Waals surface area contributed by atoms with Gasteiger partial charge in [-0.25, -0.2) is 22.6 Å². The summed E-state index contributed by atoms with van der Waals surface area (Å²) in [5.41, 5.74) is -3.76. The molecule has 0 bridgehead atoms. The van der Waals surface area contributed by atoms with Gasteiger partial charge in [-0.3, -0.25) is 0 Å². The van der Waals surface area contributed by atoms with Crippen molar-refractivity contribution in [1.29, 1.82) is 0 Å². The van der Waals surface area contributed by atoms with Crippen LogP contribution in [0.25, 0.3) is 0 Å². The first kappa shape index (κ1) is 23.7. The molecule has 2 fully saturated rings. The Bertz CT molecular complexity index is 933. The minimum Gasteiger partial charge on any atom is -0.444 e. The first-order valence-electron chi connectivity index (χ1n) is 9.49. The Kier molecular flexibility index (Phi) is 6.00.